The number of carboxylic acid groups (broad SMARTS) is 1. The summed E-state index contributed by atoms with van der Waals surface area (Å²) >= 11 is 0. The molecule has 2 aromatic heterocycles. The van der Waals surface area contributed by atoms with Crippen molar-refractivity contribution in [3.8, 4) is 0 Å². The first-order chi connectivity index (χ1) is 8.60. The molecular formula is C12H12N2O4. The number of aromatic carboxylic acids is 1. The maximum atomic E-state index is 11.6. The molecule has 6 heteroatoms. The number of carbonyl (C=O) groups excluding carboxylic acids is 1. The number of rotatable bonds is 3. The average Bonchev–Trinajstić information content (AvgIpc) is 2.76. The summed E-state index contributed by atoms with van der Waals surface area (Å²) in [7, 11) is 1.25. The highest BCUT2D eigenvalue weighted by Crippen LogP contribution is 2.19. The van der Waals surface area contributed by atoms with Crippen molar-refractivity contribution in [2.75, 3.05) is 7.11 Å². The summed E-state index contributed by atoms with van der Waals surface area (Å²) in [5.41, 5.74) is 0.339. The molecule has 0 amide bonds. The van der Waals surface area contributed by atoms with Crippen LogP contribution < -0.4 is 0 Å². The molecule has 94 valence electrons. The van der Waals surface area contributed by atoms with E-state index in [0.29, 0.717) is 12.2 Å². The molecule has 2 aromatic rings. The largest absolute Gasteiger partial charge is 0.476 e. The van der Waals surface area contributed by atoms with E-state index >= 15 is 0 Å². The van der Waals surface area contributed by atoms with Gasteiger partial charge in [0, 0.05) is 12.6 Å². The number of hydrogen-bond acceptors (Lipinski definition) is 4. The Morgan fingerprint density at radius 1 is 1.50 bits per heavy atom. The summed E-state index contributed by atoms with van der Waals surface area (Å²) in [5, 5.41) is 9.14. The van der Waals surface area contributed by atoms with Gasteiger partial charge >= 0.3 is 11.9 Å². The zero-order chi connectivity index (χ0) is 13.3. The molecule has 0 aliphatic rings. The summed E-state index contributed by atoms with van der Waals surface area (Å²) in [5.74, 6) is -1.15. The number of carbonyl (C=O) groups is 2. The highest BCUT2D eigenvalue weighted by atomic mass is 16.5. The van der Waals surface area contributed by atoms with Crippen molar-refractivity contribution in [3.63, 3.8) is 0 Å². The molecule has 2 rings (SSSR count). The maximum absolute atomic E-state index is 11.6. The number of pyridine rings is 1. The molecule has 0 saturated carbocycles. The highest BCUT2D eigenvalue weighted by Gasteiger charge is 2.22. The Hall–Kier alpha value is -2.37. The number of aryl methyl sites for hydroxylation is 1. The maximum Gasteiger partial charge on any atom is 0.356 e. The Balaban J connectivity index is 2.85. The van der Waals surface area contributed by atoms with Crippen LogP contribution >= 0.6 is 0 Å². The number of methoxy groups -OCH3 is 1. The van der Waals surface area contributed by atoms with Gasteiger partial charge in [0.2, 0.25) is 0 Å². The van der Waals surface area contributed by atoms with Gasteiger partial charge in [0.05, 0.1) is 18.2 Å². The Morgan fingerprint density at radius 2 is 2.22 bits per heavy atom. The standard InChI is InChI=1S/C12H12N2O4/c1-3-8-13-9(11(15)16)10-7(12(17)18-2)5-4-6-14(8)10/h4-6H,3H2,1-2H3,(H,15,16). The van der Waals surface area contributed by atoms with E-state index in [1.54, 1.807) is 16.7 Å². The lowest BCUT2D eigenvalue weighted by Crippen LogP contribution is -2.07. The van der Waals surface area contributed by atoms with Crippen LogP contribution in [0.25, 0.3) is 5.52 Å². The summed E-state index contributed by atoms with van der Waals surface area (Å²) < 4.78 is 6.26. The SMILES string of the molecule is CCc1nc(C(=O)O)c2c(C(=O)OC)cccn12. The first-order valence-electron chi connectivity index (χ1n) is 5.41. The molecule has 0 bridgehead atoms. The van der Waals surface area contributed by atoms with E-state index in [1.165, 1.54) is 13.2 Å². The summed E-state index contributed by atoms with van der Waals surface area (Å²) in [6.07, 6.45) is 2.25. The van der Waals surface area contributed by atoms with E-state index in [2.05, 4.69) is 9.72 Å². The number of hydrogen-bond donors (Lipinski definition) is 1. The summed E-state index contributed by atoms with van der Waals surface area (Å²) in [4.78, 5) is 26.9. The topological polar surface area (TPSA) is 80.9 Å². The van der Waals surface area contributed by atoms with Crippen LogP contribution in [0.5, 0.6) is 0 Å². The first kappa shape index (κ1) is 12.1. The van der Waals surface area contributed by atoms with Gasteiger partial charge in [0.1, 0.15) is 5.82 Å². The summed E-state index contributed by atoms with van der Waals surface area (Å²) in [6.45, 7) is 1.87. The van der Waals surface area contributed by atoms with Crippen molar-refractivity contribution in [1.82, 2.24) is 9.38 Å². The predicted octanol–water partition coefficient (Wildman–Crippen LogP) is 1.38. The van der Waals surface area contributed by atoms with Gasteiger partial charge < -0.3 is 14.2 Å². The van der Waals surface area contributed by atoms with Crippen molar-refractivity contribution in [2.24, 2.45) is 0 Å². The van der Waals surface area contributed by atoms with Gasteiger partial charge in [-0.25, -0.2) is 14.6 Å². The number of nitrogens with zero attached hydrogens (tertiary/aromatic N) is 2. The van der Waals surface area contributed by atoms with Crippen molar-refractivity contribution < 1.29 is 19.4 Å². The van der Waals surface area contributed by atoms with Gasteiger partial charge in [-0.05, 0) is 12.1 Å². The fraction of sp³-hybridized carbons (Fsp3) is 0.250. The second-order valence-electron chi connectivity index (χ2n) is 3.67. The minimum absolute atomic E-state index is 0.132. The third-order valence-electron chi connectivity index (χ3n) is 2.66. The molecule has 0 aromatic carbocycles. The Bertz CT molecular complexity index is 630. The quantitative estimate of drug-likeness (QED) is 0.830. The second-order valence-corrected chi connectivity index (χ2v) is 3.67. The monoisotopic (exact) mass is 248 g/mol. The number of imidazole rings is 1. The number of esters is 1. The average molecular weight is 248 g/mol. The van der Waals surface area contributed by atoms with Crippen LogP contribution in [0.1, 0.15) is 33.6 Å². The van der Waals surface area contributed by atoms with Crippen molar-refractivity contribution in [2.45, 2.75) is 13.3 Å². The van der Waals surface area contributed by atoms with Crippen LogP contribution in [-0.4, -0.2) is 33.5 Å². The third-order valence-corrected chi connectivity index (χ3v) is 2.66. The van der Waals surface area contributed by atoms with Gasteiger partial charge in [0.15, 0.2) is 5.69 Å². The lowest BCUT2D eigenvalue weighted by atomic mass is 10.2. The molecule has 0 spiro atoms. The van der Waals surface area contributed by atoms with Crippen LogP contribution in [0, 0.1) is 0 Å². The molecule has 6 nitrogen and oxygen atoms in total. The van der Waals surface area contributed by atoms with Crippen LogP contribution in [0.4, 0.5) is 0 Å². The van der Waals surface area contributed by atoms with E-state index in [0.717, 1.165) is 0 Å². The second kappa shape index (κ2) is 4.48. The van der Waals surface area contributed by atoms with Crippen LogP contribution in [0.3, 0.4) is 0 Å². The molecule has 0 aliphatic carbocycles. The number of carboxylic acids is 1. The van der Waals surface area contributed by atoms with E-state index in [9.17, 15) is 9.59 Å². The third kappa shape index (κ3) is 1.71. The van der Waals surface area contributed by atoms with Gasteiger partial charge in [-0.15, -0.1) is 0 Å². The molecular weight excluding hydrogens is 236 g/mol. The molecule has 1 N–H and O–H groups in total. The van der Waals surface area contributed by atoms with Gasteiger partial charge in [-0.3, -0.25) is 0 Å². The van der Waals surface area contributed by atoms with E-state index in [-0.39, 0.29) is 16.8 Å². The van der Waals surface area contributed by atoms with Crippen molar-refractivity contribution in [3.05, 3.63) is 35.4 Å². The molecule has 0 atom stereocenters. The zero-order valence-electron chi connectivity index (χ0n) is 10.0. The van der Waals surface area contributed by atoms with Gasteiger partial charge in [0.25, 0.3) is 0 Å². The molecule has 18 heavy (non-hydrogen) atoms. The van der Waals surface area contributed by atoms with Crippen molar-refractivity contribution in [1.29, 1.82) is 0 Å². The number of ether oxygens (including phenoxy) is 1. The number of fused-ring (bicyclic) bond motifs is 1. The normalized spacial score (nSPS) is 10.6. The van der Waals surface area contributed by atoms with E-state index in [4.69, 9.17) is 5.11 Å². The smallest absolute Gasteiger partial charge is 0.356 e. The van der Waals surface area contributed by atoms with Crippen molar-refractivity contribution >= 4 is 17.5 Å². The molecule has 0 aliphatic heterocycles. The zero-order valence-corrected chi connectivity index (χ0v) is 10.0. The van der Waals surface area contributed by atoms with Crippen LogP contribution in [-0.2, 0) is 11.2 Å². The molecule has 0 radical (unpaired) electrons. The van der Waals surface area contributed by atoms with Gasteiger partial charge in [-0.1, -0.05) is 6.92 Å². The van der Waals surface area contributed by atoms with Gasteiger partial charge in [-0.2, -0.15) is 0 Å². The molecule has 0 saturated heterocycles. The fourth-order valence-electron chi connectivity index (χ4n) is 1.87. The predicted molar refractivity (Wildman–Crippen MR) is 62.9 cm³/mol. The van der Waals surface area contributed by atoms with E-state index in [1.807, 2.05) is 6.92 Å². The Morgan fingerprint density at radius 3 is 2.78 bits per heavy atom. The van der Waals surface area contributed by atoms with Crippen LogP contribution in [0.2, 0.25) is 0 Å². The van der Waals surface area contributed by atoms with Crippen LogP contribution in [0.15, 0.2) is 18.3 Å². The minimum atomic E-state index is -1.16. The Labute approximate surface area is 103 Å². The molecule has 0 unspecified atom stereocenters. The lowest BCUT2D eigenvalue weighted by molar-refractivity contribution is 0.0602. The molecule has 0 fully saturated rings. The molecule has 2 heterocycles. The number of aromatic nitrogens is 2. The Kier molecular flexibility index (Phi) is 3.01. The first-order valence-corrected chi connectivity index (χ1v) is 5.41. The fourth-order valence-corrected chi connectivity index (χ4v) is 1.87. The minimum Gasteiger partial charge on any atom is -0.476 e. The summed E-state index contributed by atoms with van der Waals surface area (Å²) in [6, 6.07) is 3.18. The van der Waals surface area contributed by atoms with E-state index < -0.39 is 11.9 Å². The lowest BCUT2D eigenvalue weighted by Gasteiger charge is -2.03. The highest BCUT2D eigenvalue weighted by molar-refractivity contribution is 6.04.